The number of benzene rings is 2. The van der Waals surface area contributed by atoms with E-state index < -0.39 is 5.69 Å². The fourth-order valence-electron chi connectivity index (χ4n) is 3.50. The van der Waals surface area contributed by atoms with Gasteiger partial charge in [-0.3, -0.25) is 13.9 Å². The van der Waals surface area contributed by atoms with Crippen molar-refractivity contribution in [2.45, 2.75) is 0 Å². The van der Waals surface area contributed by atoms with E-state index in [0.717, 1.165) is 15.8 Å². The van der Waals surface area contributed by atoms with Gasteiger partial charge in [0.15, 0.2) is 0 Å². The van der Waals surface area contributed by atoms with Crippen molar-refractivity contribution < 1.29 is 4.74 Å². The monoisotopic (exact) mass is 386 g/mol. The highest BCUT2D eigenvalue weighted by Crippen LogP contribution is 2.32. The van der Waals surface area contributed by atoms with Crippen LogP contribution in [-0.2, 0) is 14.1 Å². The van der Waals surface area contributed by atoms with E-state index in [1.54, 1.807) is 38.6 Å². The molecular weight excluding hydrogens is 368 g/mol. The Morgan fingerprint density at radius 1 is 1.00 bits per heavy atom. The molecule has 0 aliphatic heterocycles. The van der Waals surface area contributed by atoms with E-state index in [2.05, 4.69) is 6.07 Å². The third kappa shape index (κ3) is 2.82. The van der Waals surface area contributed by atoms with Gasteiger partial charge in [-0.25, -0.2) is 4.79 Å². The summed E-state index contributed by atoms with van der Waals surface area (Å²) < 4.78 is 9.64. The molecule has 29 heavy (non-hydrogen) atoms. The largest absolute Gasteiger partial charge is 0.497 e. The van der Waals surface area contributed by atoms with Crippen LogP contribution in [-0.4, -0.2) is 20.8 Å². The summed E-state index contributed by atoms with van der Waals surface area (Å²) in [5, 5.41) is 9.71. The number of nitriles is 1. The summed E-state index contributed by atoms with van der Waals surface area (Å²) in [6.45, 7) is 0. The highest BCUT2D eigenvalue weighted by molar-refractivity contribution is 5.94. The fourth-order valence-corrected chi connectivity index (χ4v) is 3.50. The van der Waals surface area contributed by atoms with Gasteiger partial charge in [0.2, 0.25) is 0 Å². The van der Waals surface area contributed by atoms with Gasteiger partial charge in [-0.1, -0.05) is 6.07 Å². The zero-order valence-electron chi connectivity index (χ0n) is 16.2. The molecule has 0 unspecified atom stereocenters. The van der Waals surface area contributed by atoms with Gasteiger partial charge in [-0.15, -0.1) is 0 Å². The molecule has 0 amide bonds. The van der Waals surface area contributed by atoms with E-state index in [4.69, 9.17) is 4.74 Å². The minimum absolute atomic E-state index is 0.371. The Balaban J connectivity index is 2.16. The summed E-state index contributed by atoms with van der Waals surface area (Å²) in [5.41, 5.74) is 2.42. The highest BCUT2D eigenvalue weighted by atomic mass is 16.5. The van der Waals surface area contributed by atoms with Gasteiger partial charge in [0.05, 0.1) is 35.3 Å². The molecular formula is C22H18N4O3. The average molecular weight is 386 g/mol. The van der Waals surface area contributed by atoms with E-state index in [9.17, 15) is 14.9 Å². The Labute approximate surface area is 166 Å². The summed E-state index contributed by atoms with van der Waals surface area (Å²) in [5.74, 6) is 0.697. The van der Waals surface area contributed by atoms with Crippen molar-refractivity contribution in [3.8, 4) is 28.8 Å². The van der Waals surface area contributed by atoms with E-state index in [1.165, 1.54) is 11.6 Å². The van der Waals surface area contributed by atoms with Gasteiger partial charge in [0, 0.05) is 26.0 Å². The van der Waals surface area contributed by atoms with Crippen molar-refractivity contribution in [2.24, 2.45) is 14.1 Å². The van der Waals surface area contributed by atoms with Crippen LogP contribution in [0.25, 0.3) is 27.8 Å². The number of fused-ring (bicyclic) bond motifs is 1. The maximum Gasteiger partial charge on any atom is 0.330 e. The van der Waals surface area contributed by atoms with Crippen LogP contribution < -0.4 is 16.0 Å². The quantitative estimate of drug-likeness (QED) is 0.542. The van der Waals surface area contributed by atoms with Gasteiger partial charge < -0.3 is 9.30 Å². The summed E-state index contributed by atoms with van der Waals surface area (Å²) in [4.78, 5) is 25.5. The van der Waals surface area contributed by atoms with Gasteiger partial charge in [-0.05, 0) is 48.0 Å². The van der Waals surface area contributed by atoms with Crippen LogP contribution in [0.5, 0.6) is 5.75 Å². The van der Waals surface area contributed by atoms with E-state index >= 15 is 0 Å². The van der Waals surface area contributed by atoms with Gasteiger partial charge in [0.25, 0.3) is 5.56 Å². The van der Waals surface area contributed by atoms with Gasteiger partial charge in [-0.2, -0.15) is 5.26 Å². The molecule has 4 rings (SSSR count). The number of nitrogens with zero attached hydrogens (tertiary/aromatic N) is 4. The minimum Gasteiger partial charge on any atom is -0.497 e. The normalized spacial score (nSPS) is 10.8. The lowest BCUT2D eigenvalue weighted by atomic mass is 10.1. The lowest BCUT2D eigenvalue weighted by Crippen LogP contribution is -2.36. The molecule has 0 aliphatic carbocycles. The first kappa shape index (κ1) is 18.3. The number of hydrogen-bond acceptors (Lipinski definition) is 4. The second-order valence-corrected chi connectivity index (χ2v) is 6.70. The Hall–Kier alpha value is -4.05. The third-order valence-electron chi connectivity index (χ3n) is 5.06. The maximum absolute atomic E-state index is 13.0. The number of aromatic nitrogens is 3. The molecule has 0 atom stereocenters. The average Bonchev–Trinajstić information content (AvgIpc) is 3.17. The van der Waals surface area contributed by atoms with Crippen LogP contribution in [0.3, 0.4) is 0 Å². The fraction of sp³-hybridized carbons (Fsp3) is 0.136. The molecule has 0 bridgehead atoms. The van der Waals surface area contributed by atoms with Gasteiger partial charge >= 0.3 is 5.69 Å². The highest BCUT2D eigenvalue weighted by Gasteiger charge is 2.20. The summed E-state index contributed by atoms with van der Waals surface area (Å²) >= 11 is 0. The van der Waals surface area contributed by atoms with Crippen molar-refractivity contribution in [2.75, 3.05) is 7.11 Å². The molecule has 2 heterocycles. The first-order valence-electron chi connectivity index (χ1n) is 8.92. The van der Waals surface area contributed by atoms with Crippen LogP contribution in [0.1, 0.15) is 5.56 Å². The first-order chi connectivity index (χ1) is 14.0. The van der Waals surface area contributed by atoms with Crippen LogP contribution in [0.4, 0.5) is 0 Å². The lowest BCUT2D eigenvalue weighted by Gasteiger charge is -2.11. The predicted octanol–water partition coefficient (Wildman–Crippen LogP) is 2.58. The van der Waals surface area contributed by atoms with Crippen LogP contribution in [0.2, 0.25) is 0 Å². The predicted molar refractivity (Wildman–Crippen MR) is 110 cm³/mol. The third-order valence-corrected chi connectivity index (χ3v) is 5.06. The van der Waals surface area contributed by atoms with Crippen molar-refractivity contribution in [3.05, 3.63) is 81.1 Å². The van der Waals surface area contributed by atoms with Crippen LogP contribution in [0.15, 0.2) is 64.3 Å². The number of ether oxygens (including phenoxy) is 1. The molecule has 0 aliphatic rings. The Morgan fingerprint density at radius 2 is 1.72 bits per heavy atom. The molecule has 0 radical (unpaired) electrons. The van der Waals surface area contributed by atoms with Crippen molar-refractivity contribution in [3.63, 3.8) is 0 Å². The Morgan fingerprint density at radius 3 is 2.38 bits per heavy atom. The van der Waals surface area contributed by atoms with Crippen molar-refractivity contribution in [1.82, 2.24) is 13.7 Å². The van der Waals surface area contributed by atoms with Gasteiger partial charge in [0.1, 0.15) is 5.75 Å². The van der Waals surface area contributed by atoms with E-state index in [0.29, 0.717) is 27.9 Å². The number of methoxy groups -OCH3 is 1. The molecule has 7 nitrogen and oxygen atoms in total. The second kappa shape index (κ2) is 6.84. The molecule has 0 fully saturated rings. The molecule has 0 N–H and O–H groups in total. The second-order valence-electron chi connectivity index (χ2n) is 6.70. The molecule has 2 aromatic carbocycles. The van der Waals surface area contributed by atoms with Crippen molar-refractivity contribution in [1.29, 1.82) is 5.26 Å². The van der Waals surface area contributed by atoms with E-state index in [-0.39, 0.29) is 5.56 Å². The van der Waals surface area contributed by atoms with Crippen LogP contribution >= 0.6 is 0 Å². The SMILES string of the molecule is COc1ccc(-c2c3c(=O)n(C)c(=O)n(C)c3cn2-c2cccc(C#N)c2)cc1. The number of aryl methyl sites for hydroxylation is 1. The molecule has 144 valence electrons. The summed E-state index contributed by atoms with van der Waals surface area (Å²) in [6.07, 6.45) is 1.76. The Bertz CT molecular complexity index is 1400. The summed E-state index contributed by atoms with van der Waals surface area (Å²) in [7, 11) is 4.69. The zero-order valence-corrected chi connectivity index (χ0v) is 16.2. The molecule has 0 saturated heterocycles. The molecule has 4 aromatic rings. The van der Waals surface area contributed by atoms with Crippen LogP contribution in [0, 0.1) is 11.3 Å². The topological polar surface area (TPSA) is 81.9 Å². The first-order valence-corrected chi connectivity index (χ1v) is 8.92. The molecule has 0 saturated carbocycles. The number of hydrogen-bond donors (Lipinski definition) is 0. The summed E-state index contributed by atoms with van der Waals surface area (Å²) in [6, 6.07) is 16.6. The standard InChI is InChI=1S/C22H18N4O3/c1-24-18-13-26(16-6-4-5-14(11-16)12-23)20(15-7-9-17(29-3)10-8-15)19(18)21(27)25(2)22(24)28/h4-11,13H,1-3H3. The minimum atomic E-state index is -0.397. The smallest absolute Gasteiger partial charge is 0.330 e. The maximum atomic E-state index is 13.0. The molecule has 2 aromatic heterocycles. The number of rotatable bonds is 3. The van der Waals surface area contributed by atoms with E-state index in [1.807, 2.05) is 34.9 Å². The van der Waals surface area contributed by atoms with Crippen molar-refractivity contribution >= 4 is 10.9 Å². The molecule has 7 heteroatoms. The molecule has 0 spiro atoms. The lowest BCUT2D eigenvalue weighted by molar-refractivity contribution is 0.415. The zero-order chi connectivity index (χ0) is 20.7. The Kier molecular flexibility index (Phi) is 4.32.